The van der Waals surface area contributed by atoms with Crippen LogP contribution in [0.15, 0.2) is 0 Å². The van der Waals surface area contributed by atoms with Crippen LogP contribution in [-0.2, 0) is 14.3 Å². The lowest BCUT2D eigenvalue weighted by atomic mass is 10.0. The highest BCUT2D eigenvalue weighted by Gasteiger charge is 2.30. The molecule has 2 unspecified atom stereocenters. The molecular weight excluding hydrogens is 256 g/mol. The third-order valence-corrected chi connectivity index (χ3v) is 3.90. The van der Waals surface area contributed by atoms with Crippen LogP contribution in [0.4, 0.5) is 0 Å². The molecule has 20 heavy (non-hydrogen) atoms. The van der Waals surface area contributed by atoms with Gasteiger partial charge in [0.1, 0.15) is 6.04 Å². The fourth-order valence-electron chi connectivity index (χ4n) is 2.75. The molecule has 2 atom stereocenters. The number of carbonyl (C=O) groups is 1. The van der Waals surface area contributed by atoms with Gasteiger partial charge in [0.05, 0.1) is 13.2 Å². The maximum Gasteiger partial charge on any atom is 0.324 e. The first-order valence-electron chi connectivity index (χ1n) is 7.88. The smallest absolute Gasteiger partial charge is 0.324 e. The lowest BCUT2D eigenvalue weighted by Crippen LogP contribution is -2.48. The number of ether oxygens (including phenoxy) is 2. The van der Waals surface area contributed by atoms with Crippen LogP contribution in [0.3, 0.4) is 0 Å². The van der Waals surface area contributed by atoms with Crippen LogP contribution in [0.25, 0.3) is 0 Å². The van der Waals surface area contributed by atoms with Gasteiger partial charge in [-0.3, -0.25) is 4.79 Å². The summed E-state index contributed by atoms with van der Waals surface area (Å²) in [5, 5.41) is 3.40. The zero-order valence-electron chi connectivity index (χ0n) is 12.8. The van der Waals surface area contributed by atoms with E-state index in [9.17, 15) is 4.79 Å². The molecule has 5 nitrogen and oxygen atoms in total. The third-order valence-electron chi connectivity index (χ3n) is 3.90. The van der Waals surface area contributed by atoms with Crippen molar-refractivity contribution < 1.29 is 14.3 Å². The first-order chi connectivity index (χ1) is 9.69. The van der Waals surface area contributed by atoms with Crippen molar-refractivity contribution in [1.29, 1.82) is 0 Å². The number of nitrogens with one attached hydrogen (secondary N) is 1. The molecule has 1 N–H and O–H groups in total. The number of hydrogen-bond acceptors (Lipinski definition) is 5. The highest BCUT2D eigenvalue weighted by Crippen LogP contribution is 2.20. The van der Waals surface area contributed by atoms with Crippen LogP contribution in [-0.4, -0.2) is 62.9 Å². The molecule has 1 saturated carbocycles. The van der Waals surface area contributed by atoms with Gasteiger partial charge >= 0.3 is 5.97 Å². The molecule has 0 aromatic carbocycles. The summed E-state index contributed by atoms with van der Waals surface area (Å²) in [7, 11) is 2.08. The Bertz CT molecular complexity index is 301. The molecule has 1 aliphatic carbocycles. The summed E-state index contributed by atoms with van der Waals surface area (Å²) < 4.78 is 10.7. The van der Waals surface area contributed by atoms with Gasteiger partial charge in [-0.15, -0.1) is 0 Å². The van der Waals surface area contributed by atoms with E-state index < -0.39 is 0 Å². The van der Waals surface area contributed by atoms with E-state index in [4.69, 9.17) is 9.47 Å². The first-order valence-corrected chi connectivity index (χ1v) is 7.88. The molecule has 0 bridgehead atoms. The number of hydrogen-bond donors (Lipinski definition) is 1. The largest absolute Gasteiger partial charge is 0.465 e. The lowest BCUT2D eigenvalue weighted by molar-refractivity contribution is -0.146. The molecule has 1 saturated heterocycles. The topological polar surface area (TPSA) is 50.8 Å². The van der Waals surface area contributed by atoms with E-state index in [0.29, 0.717) is 25.1 Å². The summed E-state index contributed by atoms with van der Waals surface area (Å²) in [6.07, 6.45) is 4.73. The molecule has 5 heteroatoms. The van der Waals surface area contributed by atoms with Crippen LogP contribution >= 0.6 is 0 Å². The molecule has 2 fully saturated rings. The number of likely N-dealkylation sites (N-methyl/N-ethyl adjacent to an activating group) is 1. The predicted molar refractivity (Wildman–Crippen MR) is 77.6 cm³/mol. The highest BCUT2D eigenvalue weighted by molar-refractivity contribution is 5.76. The van der Waals surface area contributed by atoms with E-state index >= 15 is 0 Å². The molecule has 0 spiro atoms. The Balaban J connectivity index is 1.77. The van der Waals surface area contributed by atoms with Gasteiger partial charge in [0.25, 0.3) is 0 Å². The Morgan fingerprint density at radius 3 is 2.85 bits per heavy atom. The predicted octanol–water partition coefficient (Wildman–Crippen LogP) is 1.03. The Hall–Kier alpha value is -0.650. The van der Waals surface area contributed by atoms with Gasteiger partial charge in [-0.25, -0.2) is 0 Å². The van der Waals surface area contributed by atoms with Gasteiger partial charge in [0.2, 0.25) is 0 Å². The molecule has 1 heterocycles. The second-order valence-corrected chi connectivity index (χ2v) is 6.05. The van der Waals surface area contributed by atoms with Gasteiger partial charge < -0.3 is 19.7 Å². The Labute approximate surface area is 122 Å². The fraction of sp³-hybridized carbons (Fsp3) is 0.933. The van der Waals surface area contributed by atoms with Crippen LogP contribution in [0, 0.1) is 5.92 Å². The standard InChI is InChI=1S/C15H28N2O3/c1-3-20-15(18)14(16-13-6-7-13)10-17(2)9-12-5-4-8-19-11-12/h12-14,16H,3-11H2,1-2H3. The van der Waals surface area contributed by atoms with E-state index in [1.54, 1.807) is 0 Å². The Kier molecular flexibility index (Phi) is 6.26. The van der Waals surface area contributed by atoms with E-state index in [0.717, 1.165) is 26.2 Å². The van der Waals surface area contributed by atoms with E-state index in [1.165, 1.54) is 19.3 Å². The molecule has 2 aliphatic rings. The number of nitrogens with zero attached hydrogens (tertiary/aromatic N) is 1. The van der Waals surface area contributed by atoms with Gasteiger partial charge in [-0.2, -0.15) is 0 Å². The number of rotatable bonds is 8. The molecule has 116 valence electrons. The fourth-order valence-corrected chi connectivity index (χ4v) is 2.75. The Morgan fingerprint density at radius 2 is 2.25 bits per heavy atom. The van der Waals surface area contributed by atoms with Gasteiger partial charge in [0.15, 0.2) is 0 Å². The summed E-state index contributed by atoms with van der Waals surface area (Å²) in [6.45, 7) is 5.75. The van der Waals surface area contributed by atoms with Crippen molar-refractivity contribution in [2.24, 2.45) is 5.92 Å². The average molecular weight is 284 g/mol. The second kappa shape index (κ2) is 7.96. The van der Waals surface area contributed by atoms with Gasteiger partial charge in [-0.05, 0) is 45.6 Å². The van der Waals surface area contributed by atoms with Crippen LogP contribution in [0.1, 0.15) is 32.6 Å². The third kappa shape index (κ3) is 5.38. The van der Waals surface area contributed by atoms with Crippen LogP contribution < -0.4 is 5.32 Å². The summed E-state index contributed by atoms with van der Waals surface area (Å²) in [4.78, 5) is 14.2. The molecule has 1 aliphatic heterocycles. The van der Waals surface area contributed by atoms with E-state index in [1.807, 2.05) is 6.92 Å². The normalized spacial score (nSPS) is 24.6. The van der Waals surface area contributed by atoms with Crippen molar-refractivity contribution in [2.75, 3.05) is 40.0 Å². The van der Waals surface area contributed by atoms with Crippen molar-refractivity contribution in [3.05, 3.63) is 0 Å². The summed E-state index contributed by atoms with van der Waals surface area (Å²) in [6, 6.07) is 0.313. The zero-order chi connectivity index (χ0) is 14.4. The van der Waals surface area contributed by atoms with Crippen molar-refractivity contribution in [1.82, 2.24) is 10.2 Å². The number of carbonyl (C=O) groups excluding carboxylic acids is 1. The minimum absolute atomic E-state index is 0.119. The minimum Gasteiger partial charge on any atom is -0.465 e. The van der Waals surface area contributed by atoms with Crippen LogP contribution in [0.5, 0.6) is 0 Å². The van der Waals surface area contributed by atoms with Gasteiger partial charge in [-0.1, -0.05) is 0 Å². The van der Waals surface area contributed by atoms with Crippen LogP contribution in [0.2, 0.25) is 0 Å². The second-order valence-electron chi connectivity index (χ2n) is 6.05. The highest BCUT2D eigenvalue weighted by atomic mass is 16.5. The van der Waals surface area contributed by atoms with Crippen molar-refractivity contribution in [2.45, 2.75) is 44.7 Å². The van der Waals surface area contributed by atoms with E-state index in [-0.39, 0.29) is 12.0 Å². The summed E-state index contributed by atoms with van der Waals surface area (Å²) in [5.41, 5.74) is 0. The van der Waals surface area contributed by atoms with Crippen molar-refractivity contribution in [3.63, 3.8) is 0 Å². The lowest BCUT2D eigenvalue weighted by Gasteiger charge is -2.29. The van der Waals surface area contributed by atoms with Gasteiger partial charge in [0, 0.05) is 25.7 Å². The first kappa shape index (κ1) is 15.7. The molecule has 0 aromatic heterocycles. The SMILES string of the molecule is CCOC(=O)C(CN(C)CC1CCCOC1)NC1CC1. The zero-order valence-corrected chi connectivity index (χ0v) is 12.8. The molecule has 0 radical (unpaired) electrons. The molecule has 2 rings (SSSR count). The molecule has 0 aromatic rings. The maximum absolute atomic E-state index is 12.0. The quantitative estimate of drug-likeness (QED) is 0.675. The summed E-state index contributed by atoms with van der Waals surface area (Å²) in [5.74, 6) is 0.476. The Morgan fingerprint density at radius 1 is 1.45 bits per heavy atom. The maximum atomic E-state index is 12.0. The summed E-state index contributed by atoms with van der Waals surface area (Å²) >= 11 is 0. The van der Waals surface area contributed by atoms with Crippen molar-refractivity contribution in [3.8, 4) is 0 Å². The number of esters is 1. The average Bonchev–Trinajstić information content (AvgIpc) is 3.23. The molecular formula is C15H28N2O3. The molecule has 0 amide bonds. The minimum atomic E-state index is -0.197. The van der Waals surface area contributed by atoms with Crippen molar-refractivity contribution >= 4 is 5.97 Å². The monoisotopic (exact) mass is 284 g/mol. The van der Waals surface area contributed by atoms with E-state index in [2.05, 4.69) is 17.3 Å².